The number of hydrogen-bond acceptors (Lipinski definition) is 3. The highest BCUT2D eigenvalue weighted by atomic mass is 35.5. The van der Waals surface area contributed by atoms with Gasteiger partial charge in [0.05, 0.1) is 17.0 Å². The Labute approximate surface area is 181 Å². The number of carbonyl (C=O) groups excluding carboxylic acids is 1. The number of nitrogens with one attached hydrogen (secondary N) is 1. The summed E-state index contributed by atoms with van der Waals surface area (Å²) in [7, 11) is -3.62. The van der Waals surface area contributed by atoms with Crippen LogP contribution in [0.5, 0.6) is 0 Å². The molecule has 0 aliphatic carbocycles. The molecule has 3 aromatic carbocycles. The fourth-order valence-corrected chi connectivity index (χ4v) is 5.29. The number of aryl methyl sites for hydroxylation is 1. The fourth-order valence-electron chi connectivity index (χ4n) is 3.60. The maximum absolute atomic E-state index is 13.1. The van der Waals surface area contributed by atoms with Crippen molar-refractivity contribution in [3.63, 3.8) is 0 Å². The topological polar surface area (TPSA) is 66.5 Å². The Morgan fingerprint density at radius 1 is 1.00 bits per heavy atom. The van der Waals surface area contributed by atoms with Crippen LogP contribution in [0, 0.1) is 0 Å². The minimum Gasteiger partial charge on any atom is -0.326 e. The van der Waals surface area contributed by atoms with E-state index in [1.165, 1.54) is 4.31 Å². The van der Waals surface area contributed by atoms with Crippen LogP contribution in [-0.4, -0.2) is 20.9 Å². The van der Waals surface area contributed by atoms with Crippen LogP contribution in [0.1, 0.15) is 17.5 Å². The van der Waals surface area contributed by atoms with E-state index >= 15 is 0 Å². The summed E-state index contributed by atoms with van der Waals surface area (Å²) >= 11 is 5.88. The molecule has 0 saturated heterocycles. The first-order chi connectivity index (χ1) is 14.4. The first-order valence-corrected chi connectivity index (χ1v) is 11.5. The number of anilines is 2. The summed E-state index contributed by atoms with van der Waals surface area (Å²) in [6, 6.07) is 21.0. The van der Waals surface area contributed by atoms with Gasteiger partial charge in [-0.1, -0.05) is 41.9 Å². The lowest BCUT2D eigenvalue weighted by molar-refractivity contribution is -0.115. The zero-order valence-corrected chi connectivity index (χ0v) is 17.8. The summed E-state index contributed by atoms with van der Waals surface area (Å²) in [5.41, 5.74) is 3.10. The molecule has 5 nitrogen and oxygen atoms in total. The van der Waals surface area contributed by atoms with Gasteiger partial charge in [0, 0.05) is 17.3 Å². The molecule has 0 radical (unpaired) electrons. The number of carbonyl (C=O) groups is 1. The second kappa shape index (κ2) is 8.50. The first-order valence-electron chi connectivity index (χ1n) is 9.68. The van der Waals surface area contributed by atoms with Gasteiger partial charge in [-0.3, -0.25) is 9.10 Å². The van der Waals surface area contributed by atoms with Crippen molar-refractivity contribution in [2.24, 2.45) is 0 Å². The van der Waals surface area contributed by atoms with Crippen molar-refractivity contribution in [1.29, 1.82) is 0 Å². The average molecular weight is 441 g/mol. The number of benzene rings is 3. The minimum absolute atomic E-state index is 0.137. The highest BCUT2D eigenvalue weighted by molar-refractivity contribution is 7.92. The monoisotopic (exact) mass is 440 g/mol. The first kappa shape index (κ1) is 20.4. The molecule has 0 atom stereocenters. The Hall–Kier alpha value is -2.83. The molecule has 0 unspecified atom stereocenters. The van der Waals surface area contributed by atoms with Gasteiger partial charge in [0.1, 0.15) is 0 Å². The van der Waals surface area contributed by atoms with Crippen LogP contribution >= 0.6 is 11.6 Å². The van der Waals surface area contributed by atoms with Gasteiger partial charge in [0.15, 0.2) is 0 Å². The number of hydrogen-bond donors (Lipinski definition) is 1. The van der Waals surface area contributed by atoms with E-state index < -0.39 is 10.0 Å². The van der Waals surface area contributed by atoms with Crippen molar-refractivity contribution in [2.75, 3.05) is 16.2 Å². The quantitative estimate of drug-likeness (QED) is 0.627. The maximum atomic E-state index is 13.1. The van der Waals surface area contributed by atoms with Crippen molar-refractivity contribution >= 4 is 38.9 Å². The predicted molar refractivity (Wildman–Crippen MR) is 120 cm³/mol. The molecule has 0 fully saturated rings. The maximum Gasteiger partial charge on any atom is 0.264 e. The van der Waals surface area contributed by atoms with Crippen LogP contribution < -0.4 is 9.62 Å². The number of halogens is 1. The summed E-state index contributed by atoms with van der Waals surface area (Å²) in [6.07, 6.45) is 1.72. The molecular formula is C23H21ClN2O3S. The zero-order chi connectivity index (χ0) is 21.1. The lowest BCUT2D eigenvalue weighted by atomic mass is 10.0. The third-order valence-corrected chi connectivity index (χ3v) is 7.13. The second-order valence-electron chi connectivity index (χ2n) is 7.19. The molecule has 0 spiro atoms. The van der Waals surface area contributed by atoms with Crippen molar-refractivity contribution in [3.05, 3.63) is 88.9 Å². The summed E-state index contributed by atoms with van der Waals surface area (Å²) in [6.45, 7) is 0.437. The average Bonchev–Trinajstić information content (AvgIpc) is 2.75. The molecule has 3 aromatic rings. The molecule has 1 aliphatic rings. The Bertz CT molecular complexity index is 1160. The van der Waals surface area contributed by atoms with Crippen LogP contribution in [0.25, 0.3) is 0 Å². The number of sulfonamides is 1. The Morgan fingerprint density at radius 2 is 1.73 bits per heavy atom. The van der Waals surface area contributed by atoms with Crippen molar-refractivity contribution in [3.8, 4) is 0 Å². The molecule has 7 heteroatoms. The van der Waals surface area contributed by atoms with Crippen LogP contribution in [0.3, 0.4) is 0 Å². The molecule has 4 rings (SSSR count). The van der Waals surface area contributed by atoms with E-state index in [-0.39, 0.29) is 17.2 Å². The molecule has 30 heavy (non-hydrogen) atoms. The van der Waals surface area contributed by atoms with Gasteiger partial charge < -0.3 is 5.32 Å². The van der Waals surface area contributed by atoms with Crippen LogP contribution in [0.15, 0.2) is 77.7 Å². The van der Waals surface area contributed by atoms with E-state index in [1.807, 2.05) is 18.2 Å². The largest absolute Gasteiger partial charge is 0.326 e. The summed E-state index contributed by atoms with van der Waals surface area (Å²) < 4.78 is 27.6. The zero-order valence-electron chi connectivity index (χ0n) is 16.2. The SMILES string of the molecule is O=C(Cc1ccc(Cl)cc1)Nc1ccc2c(c1)CCCN2S(=O)(=O)c1ccccc1. The lowest BCUT2D eigenvalue weighted by Crippen LogP contribution is -2.35. The van der Waals surface area contributed by atoms with E-state index in [4.69, 9.17) is 11.6 Å². The molecule has 1 N–H and O–H groups in total. The molecular weight excluding hydrogens is 420 g/mol. The van der Waals surface area contributed by atoms with Crippen LogP contribution in [-0.2, 0) is 27.7 Å². The Kier molecular flexibility index (Phi) is 5.79. The van der Waals surface area contributed by atoms with Gasteiger partial charge >= 0.3 is 0 Å². The van der Waals surface area contributed by atoms with Crippen molar-refractivity contribution < 1.29 is 13.2 Å². The van der Waals surface area contributed by atoms with E-state index in [0.29, 0.717) is 22.9 Å². The lowest BCUT2D eigenvalue weighted by Gasteiger charge is -2.31. The highest BCUT2D eigenvalue weighted by Gasteiger charge is 2.29. The molecule has 1 amide bonds. The standard InChI is InChI=1S/C23H21ClN2O3S/c24-19-10-8-17(9-11-19)15-23(27)25-20-12-13-22-18(16-20)5-4-14-26(22)30(28,29)21-6-2-1-3-7-21/h1-3,6-13,16H,4-5,14-15H2,(H,25,27). The minimum atomic E-state index is -3.62. The third-order valence-electron chi connectivity index (χ3n) is 5.05. The fraction of sp³-hybridized carbons (Fsp3) is 0.174. The van der Waals surface area contributed by atoms with Crippen LogP contribution in [0.2, 0.25) is 5.02 Å². The van der Waals surface area contributed by atoms with Crippen molar-refractivity contribution in [2.45, 2.75) is 24.2 Å². The third kappa shape index (κ3) is 4.35. The second-order valence-corrected chi connectivity index (χ2v) is 9.49. The number of amides is 1. The van der Waals surface area contributed by atoms with E-state index in [0.717, 1.165) is 24.0 Å². The molecule has 0 saturated carbocycles. The molecule has 154 valence electrons. The summed E-state index contributed by atoms with van der Waals surface area (Å²) in [4.78, 5) is 12.7. The van der Waals surface area contributed by atoms with Crippen LogP contribution in [0.4, 0.5) is 11.4 Å². The normalized spacial score (nSPS) is 13.6. The summed E-state index contributed by atoms with van der Waals surface area (Å²) in [5, 5.41) is 3.53. The summed E-state index contributed by atoms with van der Waals surface area (Å²) in [5.74, 6) is -0.137. The smallest absolute Gasteiger partial charge is 0.264 e. The Morgan fingerprint density at radius 3 is 2.47 bits per heavy atom. The number of fused-ring (bicyclic) bond motifs is 1. The predicted octanol–water partition coefficient (Wildman–Crippen LogP) is 4.66. The molecule has 0 bridgehead atoms. The number of nitrogens with zero attached hydrogens (tertiary/aromatic N) is 1. The van der Waals surface area contributed by atoms with Gasteiger partial charge in [-0.25, -0.2) is 8.42 Å². The molecule has 1 heterocycles. The molecule has 1 aliphatic heterocycles. The number of rotatable bonds is 5. The van der Waals surface area contributed by atoms with Gasteiger partial charge in [-0.2, -0.15) is 0 Å². The van der Waals surface area contributed by atoms with Gasteiger partial charge in [-0.15, -0.1) is 0 Å². The Balaban J connectivity index is 1.53. The van der Waals surface area contributed by atoms with E-state index in [1.54, 1.807) is 54.6 Å². The van der Waals surface area contributed by atoms with E-state index in [2.05, 4.69) is 5.32 Å². The van der Waals surface area contributed by atoms with Gasteiger partial charge in [0.25, 0.3) is 10.0 Å². The van der Waals surface area contributed by atoms with E-state index in [9.17, 15) is 13.2 Å². The molecule has 0 aromatic heterocycles. The highest BCUT2D eigenvalue weighted by Crippen LogP contribution is 2.33. The van der Waals surface area contributed by atoms with Gasteiger partial charge in [-0.05, 0) is 66.4 Å². The van der Waals surface area contributed by atoms with Crippen molar-refractivity contribution in [1.82, 2.24) is 0 Å². The van der Waals surface area contributed by atoms with Gasteiger partial charge in [0.2, 0.25) is 5.91 Å².